The van der Waals surface area contributed by atoms with Crippen LogP contribution in [-0.4, -0.2) is 10.8 Å². The van der Waals surface area contributed by atoms with Crippen LogP contribution in [0.4, 0.5) is 0 Å². The van der Waals surface area contributed by atoms with Crippen LogP contribution >= 0.6 is 12.2 Å². The molecule has 0 amide bonds. The van der Waals surface area contributed by atoms with Crippen LogP contribution in [0.5, 0.6) is 0 Å². The summed E-state index contributed by atoms with van der Waals surface area (Å²) in [6, 6.07) is 9.60. The van der Waals surface area contributed by atoms with Gasteiger partial charge in [-0.25, -0.2) is 0 Å². The third-order valence-electron chi connectivity index (χ3n) is 1.64. The molecule has 0 aliphatic rings. The normalized spacial score (nSPS) is 10.3. The smallest absolute Gasteiger partial charge is 0.0785 e. The van der Waals surface area contributed by atoms with Gasteiger partial charge in [0, 0.05) is 11.3 Å². The molecule has 0 fully saturated rings. The van der Waals surface area contributed by atoms with E-state index < -0.39 is 5.97 Å². The van der Waals surface area contributed by atoms with E-state index in [1.54, 1.807) is 6.08 Å². The molecule has 0 aliphatic heterocycles. The maximum absolute atomic E-state index is 10.3. The minimum absolute atomic E-state index is 0.0721. The molecular weight excluding hydrogens is 196 g/mol. The van der Waals surface area contributed by atoms with Gasteiger partial charge in [-0.05, 0) is 5.56 Å². The molecule has 1 aromatic rings. The Balaban J connectivity index is 2.50. The molecule has 3 heteroatoms. The predicted octanol–water partition coefficient (Wildman–Crippen LogP) is 1.21. The van der Waals surface area contributed by atoms with Gasteiger partial charge in [0.1, 0.15) is 0 Å². The number of carbonyl (C=O) groups is 1. The minimum Gasteiger partial charge on any atom is -0.544 e. The number of carbonyl (C=O) groups excluding carboxylic acids is 1. The molecule has 0 aliphatic carbocycles. The zero-order valence-corrected chi connectivity index (χ0v) is 8.29. The van der Waals surface area contributed by atoms with Gasteiger partial charge in [0.15, 0.2) is 0 Å². The summed E-state index contributed by atoms with van der Waals surface area (Å²) in [5.74, 6) is -1.27. The number of hydrogen-bond donors (Lipinski definition) is 0. The first kappa shape index (κ1) is 10.6. The second kappa shape index (κ2) is 5.29. The molecule has 2 nitrogen and oxygen atoms in total. The lowest BCUT2D eigenvalue weighted by Crippen LogP contribution is -2.29. The third-order valence-corrected chi connectivity index (χ3v) is 1.97. The first-order chi connectivity index (χ1) is 6.70. The molecule has 0 heterocycles. The molecule has 0 N–H and O–H groups in total. The van der Waals surface area contributed by atoms with Crippen LogP contribution in [0.25, 0.3) is 6.08 Å². The molecule has 0 radical (unpaired) electrons. The van der Waals surface area contributed by atoms with Gasteiger partial charge in [0.05, 0.1) is 5.97 Å². The van der Waals surface area contributed by atoms with Gasteiger partial charge in [-0.1, -0.05) is 54.7 Å². The summed E-state index contributed by atoms with van der Waals surface area (Å²) >= 11 is 4.58. The number of hydrogen-bond acceptors (Lipinski definition) is 3. The van der Waals surface area contributed by atoms with E-state index in [2.05, 4.69) is 12.2 Å². The zero-order chi connectivity index (χ0) is 10.4. The van der Waals surface area contributed by atoms with Gasteiger partial charge in [0.2, 0.25) is 0 Å². The Labute approximate surface area is 87.9 Å². The molecule has 0 saturated heterocycles. The number of rotatable bonds is 4. The number of benzene rings is 1. The van der Waals surface area contributed by atoms with Crippen LogP contribution in [0.15, 0.2) is 36.4 Å². The summed E-state index contributed by atoms with van der Waals surface area (Å²) in [6.45, 7) is 0. The number of aliphatic carboxylic acids is 1. The number of carboxylic acids is 1. The van der Waals surface area contributed by atoms with E-state index in [-0.39, 0.29) is 11.3 Å². The summed E-state index contributed by atoms with van der Waals surface area (Å²) in [4.78, 5) is 10.2. The molecule has 0 spiro atoms. The second-order valence-electron chi connectivity index (χ2n) is 2.73. The highest BCUT2D eigenvalue weighted by Crippen LogP contribution is 2.02. The fourth-order valence-corrected chi connectivity index (χ4v) is 1.05. The lowest BCUT2D eigenvalue weighted by atomic mass is 10.2. The van der Waals surface area contributed by atoms with E-state index >= 15 is 0 Å². The highest BCUT2D eigenvalue weighted by atomic mass is 32.1. The summed E-state index contributed by atoms with van der Waals surface area (Å²) in [5, 5.41) is 10.3. The van der Waals surface area contributed by atoms with E-state index in [4.69, 9.17) is 0 Å². The molecular formula is C11H9O2S-. The Hall–Kier alpha value is -1.48. The lowest BCUT2D eigenvalue weighted by molar-refractivity contribution is -0.293. The predicted molar refractivity (Wildman–Crippen MR) is 57.7 cm³/mol. The Morgan fingerprint density at radius 3 is 2.57 bits per heavy atom. The standard InChI is InChI=1S/C11H10O2S/c12-11(13)10(14)8-4-7-9-5-2-1-3-6-9/h1-7H,8H2,(H,12,13)/p-1/b7-4+. The molecule has 0 saturated carbocycles. The Kier molecular flexibility index (Phi) is 4.01. The van der Waals surface area contributed by atoms with Crippen LogP contribution in [0.1, 0.15) is 12.0 Å². The van der Waals surface area contributed by atoms with Crippen LogP contribution in [0.3, 0.4) is 0 Å². The lowest BCUT2D eigenvalue weighted by Gasteiger charge is -1.99. The van der Waals surface area contributed by atoms with E-state index in [1.807, 2.05) is 36.4 Å². The SMILES string of the molecule is O=C([O-])C(=S)C/C=C/c1ccccc1. The van der Waals surface area contributed by atoms with E-state index in [1.165, 1.54) is 0 Å². The van der Waals surface area contributed by atoms with Gasteiger partial charge in [0.25, 0.3) is 0 Å². The number of carboxylic acid groups (broad SMARTS) is 1. The summed E-state index contributed by atoms with van der Waals surface area (Å²) < 4.78 is 0. The molecule has 0 aromatic heterocycles. The van der Waals surface area contributed by atoms with Crippen molar-refractivity contribution in [1.82, 2.24) is 0 Å². The van der Waals surface area contributed by atoms with Gasteiger partial charge in [-0.2, -0.15) is 0 Å². The minimum atomic E-state index is -1.27. The summed E-state index contributed by atoms with van der Waals surface area (Å²) in [5.41, 5.74) is 1.02. The van der Waals surface area contributed by atoms with Crippen molar-refractivity contribution in [3.8, 4) is 0 Å². The Bertz CT molecular complexity index is 355. The largest absolute Gasteiger partial charge is 0.544 e. The van der Waals surface area contributed by atoms with Gasteiger partial charge in [-0.3, -0.25) is 0 Å². The maximum atomic E-state index is 10.3. The van der Waals surface area contributed by atoms with Crippen molar-refractivity contribution in [2.24, 2.45) is 0 Å². The molecule has 72 valence electrons. The molecule has 0 atom stereocenters. The maximum Gasteiger partial charge on any atom is 0.0785 e. The second-order valence-corrected chi connectivity index (χ2v) is 3.22. The molecule has 1 rings (SSSR count). The first-order valence-electron chi connectivity index (χ1n) is 4.16. The van der Waals surface area contributed by atoms with E-state index in [0.29, 0.717) is 0 Å². The van der Waals surface area contributed by atoms with Crippen molar-refractivity contribution in [2.75, 3.05) is 0 Å². The van der Waals surface area contributed by atoms with E-state index in [0.717, 1.165) is 5.56 Å². The summed E-state index contributed by atoms with van der Waals surface area (Å²) in [6.07, 6.45) is 3.79. The Morgan fingerprint density at radius 2 is 2.00 bits per heavy atom. The average Bonchev–Trinajstić information content (AvgIpc) is 2.19. The van der Waals surface area contributed by atoms with Gasteiger partial charge in [-0.15, -0.1) is 0 Å². The quantitative estimate of drug-likeness (QED) is 0.694. The van der Waals surface area contributed by atoms with Crippen LogP contribution in [-0.2, 0) is 4.79 Å². The molecule has 14 heavy (non-hydrogen) atoms. The van der Waals surface area contributed by atoms with Gasteiger partial charge >= 0.3 is 0 Å². The third kappa shape index (κ3) is 3.49. The van der Waals surface area contributed by atoms with Crippen molar-refractivity contribution >= 4 is 29.1 Å². The fourth-order valence-electron chi connectivity index (χ4n) is 0.950. The topological polar surface area (TPSA) is 40.1 Å². The number of thiocarbonyl (C=S) groups is 1. The van der Waals surface area contributed by atoms with Crippen LogP contribution in [0, 0.1) is 0 Å². The van der Waals surface area contributed by atoms with E-state index in [9.17, 15) is 9.90 Å². The molecule has 1 aromatic carbocycles. The van der Waals surface area contributed by atoms with Crippen LogP contribution < -0.4 is 5.11 Å². The zero-order valence-electron chi connectivity index (χ0n) is 7.47. The van der Waals surface area contributed by atoms with Crippen LogP contribution in [0.2, 0.25) is 0 Å². The monoisotopic (exact) mass is 205 g/mol. The van der Waals surface area contributed by atoms with Crippen molar-refractivity contribution in [3.63, 3.8) is 0 Å². The number of allylic oxidation sites excluding steroid dienone is 1. The first-order valence-corrected chi connectivity index (χ1v) is 4.57. The van der Waals surface area contributed by atoms with Crippen molar-refractivity contribution in [3.05, 3.63) is 42.0 Å². The van der Waals surface area contributed by atoms with Gasteiger partial charge < -0.3 is 9.90 Å². The fraction of sp³-hybridized carbons (Fsp3) is 0.0909. The average molecular weight is 205 g/mol. The van der Waals surface area contributed by atoms with Crippen molar-refractivity contribution < 1.29 is 9.90 Å². The summed E-state index contributed by atoms with van der Waals surface area (Å²) in [7, 11) is 0. The highest BCUT2D eigenvalue weighted by Gasteiger charge is 1.92. The Morgan fingerprint density at radius 1 is 1.36 bits per heavy atom. The molecule has 0 bridgehead atoms. The van der Waals surface area contributed by atoms with Crippen molar-refractivity contribution in [2.45, 2.75) is 6.42 Å². The molecule has 0 unspecified atom stereocenters. The highest BCUT2D eigenvalue weighted by molar-refractivity contribution is 7.82. The van der Waals surface area contributed by atoms with Crippen molar-refractivity contribution in [1.29, 1.82) is 0 Å².